The molecule has 1 aromatic carbocycles. The van der Waals surface area contributed by atoms with E-state index in [9.17, 15) is 13.2 Å². The molecule has 0 aliphatic heterocycles. The van der Waals surface area contributed by atoms with E-state index in [-0.39, 0.29) is 19.9 Å². The molecular formula is C10H7Cl2N3O3S2. The number of nitrogens with zero attached hydrogens (tertiary/aromatic N) is 1. The fourth-order valence-electron chi connectivity index (χ4n) is 1.32. The number of hydrogen-bond donors (Lipinski definition) is 2. The molecule has 0 aliphatic rings. The number of hydrogen-bond acceptors (Lipinski definition) is 5. The van der Waals surface area contributed by atoms with Crippen LogP contribution in [0.15, 0.2) is 29.2 Å². The maximum Gasteiger partial charge on any atom is 0.276 e. The molecule has 0 aliphatic carbocycles. The number of nitrogens with one attached hydrogen (secondary N) is 1. The zero-order valence-corrected chi connectivity index (χ0v) is 12.8. The molecule has 0 atom stereocenters. The van der Waals surface area contributed by atoms with Crippen molar-refractivity contribution in [3.63, 3.8) is 0 Å². The first kappa shape index (κ1) is 15.2. The van der Waals surface area contributed by atoms with Crippen LogP contribution in [0.1, 0.15) is 10.5 Å². The van der Waals surface area contributed by atoms with E-state index in [1.165, 1.54) is 24.3 Å². The van der Waals surface area contributed by atoms with Crippen molar-refractivity contribution in [3.8, 4) is 0 Å². The van der Waals surface area contributed by atoms with Gasteiger partial charge in [0.2, 0.25) is 10.0 Å². The summed E-state index contributed by atoms with van der Waals surface area (Å²) < 4.78 is 26.2. The molecule has 3 N–H and O–H groups in total. The highest BCUT2D eigenvalue weighted by atomic mass is 35.5. The molecule has 1 amide bonds. The molecule has 0 unspecified atom stereocenters. The summed E-state index contributed by atoms with van der Waals surface area (Å²) in [4.78, 5) is 11.8. The molecule has 1 aromatic heterocycles. The van der Waals surface area contributed by atoms with E-state index >= 15 is 0 Å². The number of halogens is 2. The minimum absolute atomic E-state index is 0.0113. The van der Waals surface area contributed by atoms with E-state index in [1.807, 2.05) is 0 Å². The Balaban J connectivity index is 2.19. The Kier molecular flexibility index (Phi) is 4.31. The molecule has 0 bridgehead atoms. The van der Waals surface area contributed by atoms with E-state index < -0.39 is 15.9 Å². The molecule has 2 aromatic rings. The van der Waals surface area contributed by atoms with Crippen molar-refractivity contribution in [2.24, 2.45) is 5.14 Å². The number of aromatic nitrogens is 1. The Morgan fingerprint density at radius 3 is 2.30 bits per heavy atom. The first-order chi connectivity index (χ1) is 9.29. The lowest BCUT2D eigenvalue weighted by atomic mass is 10.3. The van der Waals surface area contributed by atoms with Crippen molar-refractivity contribution in [1.82, 2.24) is 4.37 Å². The van der Waals surface area contributed by atoms with Crippen LogP contribution in [0.25, 0.3) is 0 Å². The van der Waals surface area contributed by atoms with E-state index in [2.05, 4.69) is 9.69 Å². The smallest absolute Gasteiger partial charge is 0.276 e. The SMILES string of the molecule is NS(=O)(=O)c1ccc(NC(=O)c2nsc(Cl)c2Cl)cc1. The number of carbonyl (C=O) groups excluding carboxylic acids is 1. The summed E-state index contributed by atoms with van der Waals surface area (Å²) in [6, 6.07) is 5.36. The minimum Gasteiger partial charge on any atom is -0.321 e. The lowest BCUT2D eigenvalue weighted by molar-refractivity contribution is 0.102. The summed E-state index contributed by atoms with van der Waals surface area (Å²) in [5, 5.41) is 7.56. The Morgan fingerprint density at radius 1 is 1.25 bits per heavy atom. The van der Waals surface area contributed by atoms with Crippen molar-refractivity contribution in [3.05, 3.63) is 39.3 Å². The number of carbonyl (C=O) groups is 1. The summed E-state index contributed by atoms with van der Waals surface area (Å²) in [5.74, 6) is -0.540. The molecule has 0 spiro atoms. The van der Waals surface area contributed by atoms with Crippen LogP contribution in [0.2, 0.25) is 9.36 Å². The molecule has 0 saturated heterocycles. The molecule has 10 heteroatoms. The molecule has 2 rings (SSSR count). The van der Waals surface area contributed by atoms with Gasteiger partial charge in [0.25, 0.3) is 5.91 Å². The molecule has 1 heterocycles. The van der Waals surface area contributed by atoms with Gasteiger partial charge in [-0.2, -0.15) is 4.37 Å². The van der Waals surface area contributed by atoms with Gasteiger partial charge < -0.3 is 5.32 Å². The maximum atomic E-state index is 11.9. The third-order valence-corrected chi connectivity index (χ3v) is 4.79. The van der Waals surface area contributed by atoms with Gasteiger partial charge in [0.1, 0.15) is 9.36 Å². The number of amides is 1. The van der Waals surface area contributed by atoms with Gasteiger partial charge in [0, 0.05) is 5.69 Å². The van der Waals surface area contributed by atoms with E-state index in [0.29, 0.717) is 5.69 Å². The Morgan fingerprint density at radius 2 is 1.85 bits per heavy atom. The van der Waals surface area contributed by atoms with Crippen molar-refractivity contribution in [2.75, 3.05) is 5.32 Å². The van der Waals surface area contributed by atoms with Crippen molar-refractivity contribution in [2.45, 2.75) is 4.90 Å². The van der Waals surface area contributed by atoms with Gasteiger partial charge in [0.05, 0.1) is 4.90 Å². The van der Waals surface area contributed by atoms with Crippen LogP contribution >= 0.6 is 34.7 Å². The van der Waals surface area contributed by atoms with E-state index in [4.69, 9.17) is 28.3 Å². The van der Waals surface area contributed by atoms with E-state index in [1.54, 1.807) is 0 Å². The highest BCUT2D eigenvalue weighted by Gasteiger charge is 2.17. The second-order valence-electron chi connectivity index (χ2n) is 3.64. The molecule has 106 valence electrons. The lowest BCUT2D eigenvalue weighted by Crippen LogP contribution is -2.14. The zero-order chi connectivity index (χ0) is 14.9. The molecule has 0 saturated carbocycles. The fourth-order valence-corrected chi connectivity index (χ4v) is 2.83. The van der Waals surface area contributed by atoms with Crippen molar-refractivity contribution >= 4 is 56.4 Å². The Bertz CT molecular complexity index is 757. The van der Waals surface area contributed by atoms with Crippen LogP contribution in [0.3, 0.4) is 0 Å². The van der Waals surface area contributed by atoms with Crippen LogP contribution in [-0.4, -0.2) is 18.7 Å². The summed E-state index contributed by atoms with van der Waals surface area (Å²) in [6.45, 7) is 0. The average Bonchev–Trinajstić information content (AvgIpc) is 2.69. The minimum atomic E-state index is -3.77. The van der Waals surface area contributed by atoms with Gasteiger partial charge in [-0.05, 0) is 35.8 Å². The quantitative estimate of drug-likeness (QED) is 0.885. The normalized spacial score (nSPS) is 11.3. The van der Waals surface area contributed by atoms with Crippen LogP contribution in [0, 0.1) is 0 Å². The van der Waals surface area contributed by atoms with Gasteiger partial charge in [-0.15, -0.1) is 0 Å². The molecule has 0 radical (unpaired) electrons. The summed E-state index contributed by atoms with van der Waals surface area (Å²) >= 11 is 12.4. The number of nitrogens with two attached hydrogens (primary N) is 1. The first-order valence-electron chi connectivity index (χ1n) is 5.04. The monoisotopic (exact) mass is 351 g/mol. The Labute approximate surface area is 128 Å². The van der Waals surface area contributed by atoms with Gasteiger partial charge in [-0.1, -0.05) is 23.2 Å². The van der Waals surface area contributed by atoms with Crippen LogP contribution in [0.4, 0.5) is 5.69 Å². The van der Waals surface area contributed by atoms with Gasteiger partial charge in [-0.3, -0.25) is 4.79 Å². The zero-order valence-electron chi connectivity index (χ0n) is 9.63. The highest BCUT2D eigenvalue weighted by molar-refractivity contribution is 7.89. The number of anilines is 1. The second kappa shape index (κ2) is 5.66. The van der Waals surface area contributed by atoms with Gasteiger partial charge >= 0.3 is 0 Å². The molecule has 20 heavy (non-hydrogen) atoms. The Hall–Kier alpha value is -1.19. The second-order valence-corrected chi connectivity index (χ2v) is 6.96. The molecule has 0 fully saturated rings. The van der Waals surface area contributed by atoms with Gasteiger partial charge in [-0.25, -0.2) is 13.6 Å². The van der Waals surface area contributed by atoms with E-state index in [0.717, 1.165) is 11.5 Å². The van der Waals surface area contributed by atoms with Crippen LogP contribution < -0.4 is 10.5 Å². The number of primary sulfonamides is 1. The standard InChI is InChI=1S/C10H7Cl2N3O3S2/c11-7-8(15-19-9(7)12)10(16)14-5-1-3-6(4-2-5)20(13,17)18/h1-4H,(H,14,16)(H2,13,17,18). The predicted octanol–water partition coefficient (Wildman–Crippen LogP) is 2.35. The number of rotatable bonds is 3. The lowest BCUT2D eigenvalue weighted by Gasteiger charge is -2.04. The average molecular weight is 352 g/mol. The third-order valence-electron chi connectivity index (χ3n) is 2.25. The largest absolute Gasteiger partial charge is 0.321 e. The highest BCUT2D eigenvalue weighted by Crippen LogP contribution is 2.29. The van der Waals surface area contributed by atoms with Crippen LogP contribution in [-0.2, 0) is 10.0 Å². The summed E-state index contributed by atoms with van der Waals surface area (Å²) in [5.41, 5.74) is 0.389. The number of benzene rings is 1. The maximum absolute atomic E-state index is 11.9. The molecular weight excluding hydrogens is 345 g/mol. The molecule has 6 nitrogen and oxygen atoms in total. The topological polar surface area (TPSA) is 102 Å². The first-order valence-corrected chi connectivity index (χ1v) is 8.11. The number of sulfonamides is 1. The summed E-state index contributed by atoms with van der Waals surface area (Å²) in [7, 11) is -3.77. The van der Waals surface area contributed by atoms with Crippen LogP contribution in [0.5, 0.6) is 0 Å². The third kappa shape index (κ3) is 3.28. The summed E-state index contributed by atoms with van der Waals surface area (Å²) in [6.07, 6.45) is 0. The predicted molar refractivity (Wildman–Crippen MR) is 77.9 cm³/mol. The van der Waals surface area contributed by atoms with Gasteiger partial charge in [0.15, 0.2) is 5.69 Å². The van der Waals surface area contributed by atoms with Crippen molar-refractivity contribution < 1.29 is 13.2 Å². The fraction of sp³-hybridized carbons (Fsp3) is 0. The van der Waals surface area contributed by atoms with Crippen molar-refractivity contribution in [1.29, 1.82) is 0 Å².